The maximum Gasteiger partial charge on any atom is 0.322 e. The van der Waals surface area contributed by atoms with Gasteiger partial charge in [-0.05, 0) is 24.1 Å². The molecule has 0 radical (unpaired) electrons. The van der Waals surface area contributed by atoms with Gasteiger partial charge in [-0.2, -0.15) is 0 Å². The summed E-state index contributed by atoms with van der Waals surface area (Å²) in [6, 6.07) is 6.90. The Balaban J connectivity index is 1.88. The Hall–Kier alpha value is -2.50. The van der Waals surface area contributed by atoms with Crippen molar-refractivity contribution >= 4 is 11.9 Å². The predicted molar refractivity (Wildman–Crippen MR) is 95.2 cm³/mol. The van der Waals surface area contributed by atoms with Crippen LogP contribution >= 0.6 is 0 Å². The third kappa shape index (κ3) is 3.21. The standard InChI is InChI=1S/C19H25N3O3/c1-4-5-6-11-22-12-15-16(18(22)23)17(20-19(24)21(15)2)13-7-9-14(25-3)10-8-13/h7-10,17H,4-6,11-12H2,1-3H3,(H,20,24). The molecule has 1 aromatic rings. The molecule has 6 heteroatoms. The SMILES string of the molecule is CCCCCN1CC2=C(C1=O)C(c1ccc(OC)cc1)NC(=O)N2C. The summed E-state index contributed by atoms with van der Waals surface area (Å²) >= 11 is 0. The lowest BCUT2D eigenvalue weighted by atomic mass is 9.95. The molecule has 6 nitrogen and oxygen atoms in total. The van der Waals surface area contributed by atoms with E-state index in [1.165, 1.54) is 0 Å². The van der Waals surface area contributed by atoms with E-state index in [0.717, 1.165) is 42.8 Å². The lowest BCUT2D eigenvalue weighted by Gasteiger charge is -2.31. The number of rotatable bonds is 6. The first-order chi connectivity index (χ1) is 12.1. The van der Waals surface area contributed by atoms with Gasteiger partial charge in [0.2, 0.25) is 0 Å². The number of nitrogens with zero attached hydrogens (tertiary/aromatic N) is 2. The fraction of sp³-hybridized carbons (Fsp3) is 0.474. The van der Waals surface area contributed by atoms with Gasteiger partial charge in [-0.3, -0.25) is 9.69 Å². The van der Waals surface area contributed by atoms with Crippen LogP contribution < -0.4 is 10.1 Å². The van der Waals surface area contributed by atoms with Crippen LogP contribution in [0.4, 0.5) is 4.79 Å². The van der Waals surface area contributed by atoms with Crippen LogP contribution in [0, 0.1) is 0 Å². The van der Waals surface area contributed by atoms with E-state index in [1.54, 1.807) is 19.1 Å². The molecule has 1 unspecified atom stereocenters. The van der Waals surface area contributed by atoms with E-state index >= 15 is 0 Å². The van der Waals surface area contributed by atoms with Crippen LogP contribution in [0.5, 0.6) is 5.75 Å². The molecule has 3 amide bonds. The minimum Gasteiger partial charge on any atom is -0.497 e. The van der Waals surface area contributed by atoms with Gasteiger partial charge in [-0.1, -0.05) is 31.9 Å². The van der Waals surface area contributed by atoms with Gasteiger partial charge < -0.3 is 15.0 Å². The maximum absolute atomic E-state index is 13.0. The fourth-order valence-corrected chi connectivity index (χ4v) is 3.40. The largest absolute Gasteiger partial charge is 0.497 e. The summed E-state index contributed by atoms with van der Waals surface area (Å²) in [5.41, 5.74) is 2.38. The second kappa shape index (κ2) is 7.17. The Morgan fingerprint density at radius 3 is 2.56 bits per heavy atom. The molecule has 3 rings (SSSR count). The first-order valence-corrected chi connectivity index (χ1v) is 8.77. The number of carbonyl (C=O) groups excluding carboxylic acids is 2. The zero-order chi connectivity index (χ0) is 18.0. The highest BCUT2D eigenvalue weighted by molar-refractivity contribution is 6.01. The Labute approximate surface area is 148 Å². The van der Waals surface area contributed by atoms with E-state index in [4.69, 9.17) is 4.74 Å². The quantitative estimate of drug-likeness (QED) is 0.808. The summed E-state index contributed by atoms with van der Waals surface area (Å²) in [7, 11) is 3.33. The summed E-state index contributed by atoms with van der Waals surface area (Å²) in [6.45, 7) is 3.39. The Bertz CT molecular complexity index is 696. The molecule has 25 heavy (non-hydrogen) atoms. The van der Waals surface area contributed by atoms with Crippen molar-refractivity contribution in [3.63, 3.8) is 0 Å². The molecule has 0 aliphatic carbocycles. The molecule has 0 aromatic heterocycles. The molecule has 1 N–H and O–H groups in total. The summed E-state index contributed by atoms with van der Waals surface area (Å²) in [5, 5.41) is 2.95. The number of likely N-dealkylation sites (N-methyl/N-ethyl adjacent to an activating group) is 1. The summed E-state index contributed by atoms with van der Waals surface area (Å²) < 4.78 is 5.19. The highest BCUT2D eigenvalue weighted by Crippen LogP contribution is 2.36. The molecule has 0 saturated carbocycles. The first kappa shape index (κ1) is 17.3. The van der Waals surface area contributed by atoms with Crippen LogP contribution in [0.1, 0.15) is 37.8 Å². The fourth-order valence-electron chi connectivity index (χ4n) is 3.40. The minimum absolute atomic E-state index is 0.0266. The van der Waals surface area contributed by atoms with Gasteiger partial charge in [0.25, 0.3) is 5.91 Å². The van der Waals surface area contributed by atoms with Crippen molar-refractivity contribution < 1.29 is 14.3 Å². The molecule has 2 aliphatic heterocycles. The number of methoxy groups -OCH3 is 1. The van der Waals surface area contributed by atoms with Crippen molar-refractivity contribution in [2.45, 2.75) is 32.2 Å². The number of ether oxygens (including phenoxy) is 1. The van der Waals surface area contributed by atoms with E-state index in [1.807, 2.05) is 29.2 Å². The van der Waals surface area contributed by atoms with E-state index in [2.05, 4.69) is 12.2 Å². The zero-order valence-electron chi connectivity index (χ0n) is 15.0. The topological polar surface area (TPSA) is 61.9 Å². The molecular weight excluding hydrogens is 318 g/mol. The van der Waals surface area contributed by atoms with E-state index < -0.39 is 6.04 Å². The van der Waals surface area contributed by atoms with Gasteiger partial charge in [0.05, 0.1) is 31.0 Å². The monoisotopic (exact) mass is 343 g/mol. The number of amides is 3. The minimum atomic E-state index is -0.409. The van der Waals surface area contributed by atoms with Gasteiger partial charge >= 0.3 is 6.03 Å². The third-order valence-electron chi connectivity index (χ3n) is 4.92. The number of urea groups is 1. The lowest BCUT2D eigenvalue weighted by Crippen LogP contribution is -2.45. The van der Waals surface area contributed by atoms with Crippen LogP contribution in [-0.2, 0) is 4.79 Å². The van der Waals surface area contributed by atoms with E-state index in [0.29, 0.717) is 12.1 Å². The smallest absolute Gasteiger partial charge is 0.322 e. The summed E-state index contributed by atoms with van der Waals surface area (Å²) in [4.78, 5) is 28.7. The molecule has 0 saturated heterocycles. The first-order valence-electron chi connectivity index (χ1n) is 8.77. The third-order valence-corrected chi connectivity index (χ3v) is 4.92. The number of benzene rings is 1. The molecule has 0 fully saturated rings. The normalized spacial score (nSPS) is 20.0. The van der Waals surface area contributed by atoms with Crippen LogP contribution in [0.2, 0.25) is 0 Å². The van der Waals surface area contributed by atoms with Crippen molar-refractivity contribution in [2.75, 3.05) is 27.2 Å². The Morgan fingerprint density at radius 2 is 1.92 bits per heavy atom. The molecular formula is C19H25N3O3. The number of unbranched alkanes of at least 4 members (excludes halogenated alkanes) is 2. The second-order valence-electron chi connectivity index (χ2n) is 6.51. The van der Waals surface area contributed by atoms with Gasteiger partial charge in [0.1, 0.15) is 5.75 Å². The van der Waals surface area contributed by atoms with Gasteiger partial charge in [0.15, 0.2) is 0 Å². The van der Waals surface area contributed by atoms with Crippen molar-refractivity contribution in [1.29, 1.82) is 0 Å². The number of hydrogen-bond donors (Lipinski definition) is 1. The summed E-state index contributed by atoms with van der Waals surface area (Å²) in [6.07, 6.45) is 3.20. The van der Waals surface area contributed by atoms with Crippen LogP contribution in [0.3, 0.4) is 0 Å². The zero-order valence-corrected chi connectivity index (χ0v) is 15.0. The van der Waals surface area contributed by atoms with Gasteiger partial charge in [0, 0.05) is 13.6 Å². The van der Waals surface area contributed by atoms with Crippen molar-refractivity contribution in [3.05, 3.63) is 41.1 Å². The highest BCUT2D eigenvalue weighted by atomic mass is 16.5. The maximum atomic E-state index is 13.0. The molecule has 2 heterocycles. The van der Waals surface area contributed by atoms with Crippen LogP contribution in [-0.4, -0.2) is 49.0 Å². The average molecular weight is 343 g/mol. The molecule has 0 spiro atoms. The Kier molecular flexibility index (Phi) is 4.97. The molecule has 134 valence electrons. The van der Waals surface area contributed by atoms with Gasteiger partial charge in [-0.15, -0.1) is 0 Å². The number of nitrogens with one attached hydrogen (secondary N) is 1. The van der Waals surface area contributed by atoms with Crippen LogP contribution in [0.25, 0.3) is 0 Å². The molecule has 2 aliphatic rings. The summed E-state index contributed by atoms with van der Waals surface area (Å²) in [5.74, 6) is 0.773. The Morgan fingerprint density at radius 1 is 1.20 bits per heavy atom. The molecule has 0 bridgehead atoms. The average Bonchev–Trinajstić information content (AvgIpc) is 2.96. The van der Waals surface area contributed by atoms with E-state index in [-0.39, 0.29) is 11.9 Å². The highest BCUT2D eigenvalue weighted by Gasteiger charge is 2.42. The predicted octanol–water partition coefficient (Wildman–Crippen LogP) is 2.68. The van der Waals surface area contributed by atoms with Crippen molar-refractivity contribution in [3.8, 4) is 5.75 Å². The van der Waals surface area contributed by atoms with Crippen LogP contribution in [0.15, 0.2) is 35.5 Å². The van der Waals surface area contributed by atoms with E-state index in [9.17, 15) is 9.59 Å². The molecule has 1 atom stereocenters. The van der Waals surface area contributed by atoms with Crippen molar-refractivity contribution in [1.82, 2.24) is 15.1 Å². The number of carbonyl (C=O) groups is 2. The van der Waals surface area contributed by atoms with Gasteiger partial charge in [-0.25, -0.2) is 4.79 Å². The number of hydrogen-bond acceptors (Lipinski definition) is 3. The molecule has 1 aromatic carbocycles. The lowest BCUT2D eigenvalue weighted by molar-refractivity contribution is -0.125. The van der Waals surface area contributed by atoms with Crippen molar-refractivity contribution in [2.24, 2.45) is 0 Å². The second-order valence-corrected chi connectivity index (χ2v) is 6.51.